The number of halogens is 3. The summed E-state index contributed by atoms with van der Waals surface area (Å²) in [5.74, 6) is -0.141. The highest BCUT2D eigenvalue weighted by molar-refractivity contribution is 5.77. The number of likely N-dealkylation sites (tertiary alicyclic amines) is 1. The van der Waals surface area contributed by atoms with Crippen molar-refractivity contribution in [2.45, 2.75) is 31.5 Å². The van der Waals surface area contributed by atoms with Crippen LogP contribution in [0.5, 0.6) is 0 Å². The molecule has 1 aromatic carbocycles. The van der Waals surface area contributed by atoms with Crippen LogP contribution in [0.3, 0.4) is 0 Å². The number of nitro groups is 1. The van der Waals surface area contributed by atoms with E-state index in [4.69, 9.17) is 5.73 Å². The molecule has 10 heteroatoms. The van der Waals surface area contributed by atoms with Gasteiger partial charge in [-0.15, -0.1) is 0 Å². The van der Waals surface area contributed by atoms with Gasteiger partial charge in [-0.3, -0.25) is 14.9 Å². The highest BCUT2D eigenvalue weighted by atomic mass is 19.4. The molecule has 1 unspecified atom stereocenters. The number of hydrogen-bond donors (Lipinski definition) is 2. The molecular formula is C15H19F3N4O3. The third-order valence-corrected chi connectivity index (χ3v) is 3.99. The van der Waals surface area contributed by atoms with Gasteiger partial charge in [0.05, 0.1) is 10.5 Å². The molecule has 2 rings (SSSR count). The molecule has 0 aliphatic carbocycles. The number of benzene rings is 1. The Morgan fingerprint density at radius 3 is 2.76 bits per heavy atom. The van der Waals surface area contributed by atoms with Gasteiger partial charge in [0.1, 0.15) is 5.69 Å². The van der Waals surface area contributed by atoms with Gasteiger partial charge in [-0.2, -0.15) is 13.2 Å². The number of nitro benzene ring substituents is 1. The largest absolute Gasteiger partial charge is 0.416 e. The second-order valence-electron chi connectivity index (χ2n) is 5.91. The zero-order valence-electron chi connectivity index (χ0n) is 13.4. The zero-order chi connectivity index (χ0) is 18.6. The molecule has 0 radical (unpaired) electrons. The molecule has 0 saturated carbocycles. The number of rotatable bonds is 5. The van der Waals surface area contributed by atoms with E-state index in [1.165, 1.54) is 0 Å². The fraction of sp³-hybridized carbons (Fsp3) is 0.533. The maximum Gasteiger partial charge on any atom is 0.416 e. The van der Waals surface area contributed by atoms with E-state index in [2.05, 4.69) is 5.32 Å². The monoisotopic (exact) mass is 360 g/mol. The molecular weight excluding hydrogens is 341 g/mol. The molecule has 0 bridgehead atoms. The molecule has 138 valence electrons. The van der Waals surface area contributed by atoms with Gasteiger partial charge in [-0.1, -0.05) is 0 Å². The van der Waals surface area contributed by atoms with Crippen LogP contribution in [0.15, 0.2) is 18.2 Å². The first kappa shape index (κ1) is 19.0. The van der Waals surface area contributed by atoms with Gasteiger partial charge in [0.2, 0.25) is 5.91 Å². The van der Waals surface area contributed by atoms with Crippen LogP contribution in [-0.4, -0.2) is 41.4 Å². The van der Waals surface area contributed by atoms with Crippen LogP contribution in [0.25, 0.3) is 0 Å². The molecule has 1 heterocycles. The molecule has 25 heavy (non-hydrogen) atoms. The van der Waals surface area contributed by atoms with Crippen LogP contribution in [0.1, 0.15) is 24.8 Å². The van der Waals surface area contributed by atoms with E-state index in [0.29, 0.717) is 19.2 Å². The maximum absolute atomic E-state index is 12.7. The Bertz CT molecular complexity index is 651. The maximum atomic E-state index is 12.7. The van der Waals surface area contributed by atoms with Crippen LogP contribution >= 0.6 is 0 Å². The number of piperidine rings is 1. The second kappa shape index (κ2) is 7.68. The van der Waals surface area contributed by atoms with Gasteiger partial charge in [0, 0.05) is 38.2 Å². The topological polar surface area (TPSA) is 102 Å². The Labute approximate surface area is 142 Å². The van der Waals surface area contributed by atoms with E-state index < -0.39 is 22.4 Å². The van der Waals surface area contributed by atoms with Gasteiger partial charge >= 0.3 is 6.18 Å². The van der Waals surface area contributed by atoms with E-state index in [-0.39, 0.29) is 30.6 Å². The Morgan fingerprint density at radius 2 is 2.16 bits per heavy atom. The lowest BCUT2D eigenvalue weighted by atomic mass is 10.1. The molecule has 1 aliphatic heterocycles. The van der Waals surface area contributed by atoms with Crippen LogP contribution in [0.4, 0.5) is 24.5 Å². The van der Waals surface area contributed by atoms with Crippen molar-refractivity contribution in [2.75, 3.05) is 25.0 Å². The predicted octanol–water partition coefficient (Wildman–Crippen LogP) is 2.37. The van der Waals surface area contributed by atoms with E-state index in [9.17, 15) is 28.1 Å². The summed E-state index contributed by atoms with van der Waals surface area (Å²) in [5.41, 5.74) is 3.98. The van der Waals surface area contributed by atoms with Gasteiger partial charge in [-0.05, 0) is 25.0 Å². The van der Waals surface area contributed by atoms with Gasteiger partial charge in [-0.25, -0.2) is 0 Å². The Hall–Kier alpha value is -2.36. The van der Waals surface area contributed by atoms with Crippen molar-refractivity contribution in [3.05, 3.63) is 33.9 Å². The highest BCUT2D eigenvalue weighted by Crippen LogP contribution is 2.34. The third-order valence-electron chi connectivity index (χ3n) is 3.99. The van der Waals surface area contributed by atoms with Crippen LogP contribution in [0.2, 0.25) is 0 Å². The van der Waals surface area contributed by atoms with E-state index in [1.807, 2.05) is 0 Å². The van der Waals surface area contributed by atoms with Crippen molar-refractivity contribution in [1.29, 1.82) is 0 Å². The second-order valence-corrected chi connectivity index (χ2v) is 5.91. The van der Waals surface area contributed by atoms with Gasteiger partial charge in [0.25, 0.3) is 5.69 Å². The van der Waals surface area contributed by atoms with Crippen LogP contribution < -0.4 is 11.1 Å². The summed E-state index contributed by atoms with van der Waals surface area (Å²) in [6.45, 7) is 1.17. The molecule has 1 fully saturated rings. The minimum absolute atomic E-state index is 0.0540. The molecule has 7 nitrogen and oxygen atoms in total. The lowest BCUT2D eigenvalue weighted by molar-refractivity contribution is -0.384. The first-order chi connectivity index (χ1) is 11.7. The summed E-state index contributed by atoms with van der Waals surface area (Å²) < 4.78 is 38.0. The number of nitrogens with two attached hydrogens (primary N) is 1. The summed E-state index contributed by atoms with van der Waals surface area (Å²) >= 11 is 0. The summed E-state index contributed by atoms with van der Waals surface area (Å²) in [6.07, 6.45) is -2.90. The average molecular weight is 360 g/mol. The zero-order valence-corrected chi connectivity index (χ0v) is 13.4. The lowest BCUT2D eigenvalue weighted by Crippen LogP contribution is -2.46. The number of carbonyl (C=O) groups is 1. The smallest absolute Gasteiger partial charge is 0.379 e. The first-order valence-electron chi connectivity index (χ1n) is 7.81. The number of nitrogens with zero attached hydrogens (tertiary/aromatic N) is 2. The molecule has 0 aromatic heterocycles. The van der Waals surface area contributed by atoms with Gasteiger partial charge in [0.15, 0.2) is 0 Å². The lowest BCUT2D eigenvalue weighted by Gasteiger charge is -2.30. The molecule has 1 amide bonds. The van der Waals surface area contributed by atoms with Gasteiger partial charge < -0.3 is 16.0 Å². The van der Waals surface area contributed by atoms with Crippen molar-refractivity contribution < 1.29 is 22.9 Å². The Morgan fingerprint density at radius 1 is 1.44 bits per heavy atom. The number of nitrogens with one attached hydrogen (secondary N) is 1. The van der Waals surface area contributed by atoms with Crippen molar-refractivity contribution in [1.82, 2.24) is 4.90 Å². The molecule has 1 aromatic rings. The van der Waals surface area contributed by atoms with Crippen molar-refractivity contribution in [2.24, 2.45) is 5.73 Å². The molecule has 1 saturated heterocycles. The van der Waals surface area contributed by atoms with Crippen molar-refractivity contribution in [3.63, 3.8) is 0 Å². The third kappa shape index (κ3) is 5.05. The minimum Gasteiger partial charge on any atom is -0.379 e. The van der Waals surface area contributed by atoms with Crippen LogP contribution in [0, 0.1) is 10.1 Å². The van der Waals surface area contributed by atoms with Crippen molar-refractivity contribution in [3.8, 4) is 0 Å². The van der Waals surface area contributed by atoms with E-state index in [0.717, 1.165) is 25.0 Å². The molecule has 3 N–H and O–H groups in total. The number of alkyl halides is 3. The Balaban J connectivity index is 1.98. The fourth-order valence-corrected chi connectivity index (χ4v) is 2.71. The summed E-state index contributed by atoms with van der Waals surface area (Å²) in [6, 6.07) is 2.19. The molecule has 1 aliphatic rings. The molecule has 0 spiro atoms. The minimum atomic E-state index is -4.66. The summed E-state index contributed by atoms with van der Waals surface area (Å²) in [7, 11) is 0. The number of hydrogen-bond acceptors (Lipinski definition) is 5. The van der Waals surface area contributed by atoms with E-state index in [1.54, 1.807) is 4.90 Å². The SMILES string of the molecule is NC1CCCN(C(=O)CCNc2ccc(C(F)(F)F)cc2[N+](=O)[O-])C1. The quantitative estimate of drug-likeness (QED) is 0.620. The highest BCUT2D eigenvalue weighted by Gasteiger charge is 2.33. The number of amides is 1. The normalized spacial score (nSPS) is 18.1. The summed E-state index contributed by atoms with van der Waals surface area (Å²) in [5, 5.41) is 13.7. The number of anilines is 1. The predicted molar refractivity (Wildman–Crippen MR) is 85.0 cm³/mol. The average Bonchev–Trinajstić information content (AvgIpc) is 2.53. The molecule has 1 atom stereocenters. The standard InChI is InChI=1S/C15H19F3N4O3/c16-15(17,18)10-3-4-12(13(8-10)22(24)25)20-6-5-14(23)21-7-1-2-11(19)9-21/h3-4,8,11,20H,1-2,5-7,9,19H2. The Kier molecular flexibility index (Phi) is 5.83. The van der Waals surface area contributed by atoms with Crippen molar-refractivity contribution >= 4 is 17.3 Å². The van der Waals surface area contributed by atoms with Crippen LogP contribution in [-0.2, 0) is 11.0 Å². The number of carbonyl (C=O) groups excluding carboxylic acids is 1. The van der Waals surface area contributed by atoms with E-state index >= 15 is 0 Å². The first-order valence-corrected chi connectivity index (χ1v) is 7.81. The fourth-order valence-electron chi connectivity index (χ4n) is 2.71. The summed E-state index contributed by atoms with van der Waals surface area (Å²) in [4.78, 5) is 23.8.